The number of nitro groups is 1. The second-order valence-electron chi connectivity index (χ2n) is 5.69. The number of hydrogen-bond donors (Lipinski definition) is 0. The monoisotopic (exact) mass is 334 g/mol. The third kappa shape index (κ3) is 2.46. The van der Waals surface area contributed by atoms with E-state index < -0.39 is 4.92 Å². The molecule has 0 saturated carbocycles. The summed E-state index contributed by atoms with van der Waals surface area (Å²) in [5.41, 5.74) is 3.15. The smallest absolute Gasteiger partial charge is 0.269 e. The van der Waals surface area contributed by atoms with Crippen molar-refractivity contribution in [2.75, 3.05) is 7.11 Å². The van der Waals surface area contributed by atoms with Gasteiger partial charge < -0.3 is 4.74 Å². The topological polar surface area (TPSA) is 83.1 Å². The lowest BCUT2D eigenvalue weighted by Gasteiger charge is -2.05. The zero-order valence-corrected chi connectivity index (χ0v) is 13.6. The van der Waals surface area contributed by atoms with E-state index in [0.717, 1.165) is 33.4 Å². The Balaban J connectivity index is 1.92. The molecule has 25 heavy (non-hydrogen) atoms. The highest BCUT2D eigenvalue weighted by molar-refractivity contribution is 5.93. The molecule has 0 N–H and O–H groups in total. The first-order valence-electron chi connectivity index (χ1n) is 7.66. The van der Waals surface area contributed by atoms with Crippen LogP contribution in [0.3, 0.4) is 0 Å². The van der Waals surface area contributed by atoms with Crippen molar-refractivity contribution in [1.29, 1.82) is 0 Å². The first kappa shape index (κ1) is 15.1. The zero-order valence-electron chi connectivity index (χ0n) is 13.6. The SMILES string of the molecule is COc1ccc2nc3c(cc2c1)c(C)nn3-c1ccc([N+](=O)[O-])cc1. The van der Waals surface area contributed by atoms with Gasteiger partial charge in [-0.2, -0.15) is 5.10 Å². The molecule has 7 heteroatoms. The summed E-state index contributed by atoms with van der Waals surface area (Å²) in [5.74, 6) is 0.772. The van der Waals surface area contributed by atoms with E-state index in [1.54, 1.807) is 23.9 Å². The maximum atomic E-state index is 10.8. The lowest BCUT2D eigenvalue weighted by Crippen LogP contribution is -1.98. The fourth-order valence-corrected chi connectivity index (χ4v) is 2.85. The lowest BCUT2D eigenvalue weighted by atomic mass is 10.1. The Hall–Kier alpha value is -3.48. The van der Waals surface area contributed by atoms with E-state index in [1.807, 2.05) is 31.2 Å². The number of rotatable bonds is 3. The number of ether oxygens (including phenoxy) is 1. The van der Waals surface area contributed by atoms with Crippen LogP contribution in [0.2, 0.25) is 0 Å². The van der Waals surface area contributed by atoms with Crippen LogP contribution in [-0.2, 0) is 0 Å². The van der Waals surface area contributed by atoms with Gasteiger partial charge in [-0.05, 0) is 43.3 Å². The van der Waals surface area contributed by atoms with Gasteiger partial charge >= 0.3 is 0 Å². The molecule has 2 aromatic heterocycles. The zero-order chi connectivity index (χ0) is 17.6. The summed E-state index contributed by atoms with van der Waals surface area (Å²) in [6.07, 6.45) is 0. The summed E-state index contributed by atoms with van der Waals surface area (Å²) >= 11 is 0. The molecule has 0 bridgehead atoms. The molecule has 4 rings (SSSR count). The molecule has 0 atom stereocenters. The minimum Gasteiger partial charge on any atom is -0.497 e. The molecule has 0 fully saturated rings. The van der Waals surface area contributed by atoms with Crippen LogP contribution in [0.1, 0.15) is 5.69 Å². The van der Waals surface area contributed by atoms with Gasteiger partial charge in [0, 0.05) is 22.9 Å². The molecule has 124 valence electrons. The third-order valence-corrected chi connectivity index (χ3v) is 4.15. The molecule has 0 aliphatic carbocycles. The van der Waals surface area contributed by atoms with Gasteiger partial charge in [0.25, 0.3) is 5.69 Å². The van der Waals surface area contributed by atoms with Gasteiger partial charge in [-0.25, -0.2) is 9.67 Å². The number of pyridine rings is 1. The maximum absolute atomic E-state index is 10.8. The van der Waals surface area contributed by atoms with Gasteiger partial charge in [0.1, 0.15) is 5.75 Å². The Morgan fingerprint density at radius 1 is 1.12 bits per heavy atom. The van der Waals surface area contributed by atoms with E-state index in [9.17, 15) is 10.1 Å². The third-order valence-electron chi connectivity index (χ3n) is 4.15. The van der Waals surface area contributed by atoms with Crippen LogP contribution in [0.4, 0.5) is 5.69 Å². The lowest BCUT2D eigenvalue weighted by molar-refractivity contribution is -0.384. The number of benzene rings is 2. The summed E-state index contributed by atoms with van der Waals surface area (Å²) in [5, 5.41) is 17.3. The minimum atomic E-state index is -0.421. The quantitative estimate of drug-likeness (QED) is 0.420. The van der Waals surface area contributed by atoms with E-state index in [2.05, 4.69) is 5.10 Å². The van der Waals surface area contributed by atoms with Crippen molar-refractivity contribution in [3.05, 3.63) is 64.3 Å². The van der Waals surface area contributed by atoms with Gasteiger partial charge in [0.15, 0.2) is 5.65 Å². The van der Waals surface area contributed by atoms with Crippen molar-refractivity contribution in [3.8, 4) is 11.4 Å². The van der Waals surface area contributed by atoms with Crippen LogP contribution < -0.4 is 4.74 Å². The molecule has 2 aromatic carbocycles. The minimum absolute atomic E-state index is 0.0439. The largest absolute Gasteiger partial charge is 0.497 e. The number of aromatic nitrogens is 3. The number of nitro benzene ring substituents is 1. The molecular formula is C18H14N4O3. The van der Waals surface area contributed by atoms with Crippen molar-refractivity contribution in [1.82, 2.24) is 14.8 Å². The average molecular weight is 334 g/mol. The summed E-state index contributed by atoms with van der Waals surface area (Å²) in [6.45, 7) is 1.91. The summed E-state index contributed by atoms with van der Waals surface area (Å²) in [7, 11) is 1.63. The van der Waals surface area contributed by atoms with Gasteiger partial charge in [-0.1, -0.05) is 0 Å². The fraction of sp³-hybridized carbons (Fsp3) is 0.111. The summed E-state index contributed by atoms with van der Waals surface area (Å²) in [4.78, 5) is 15.1. The Bertz CT molecular complexity index is 1120. The second kappa shape index (κ2) is 5.55. The Morgan fingerprint density at radius 2 is 1.88 bits per heavy atom. The second-order valence-corrected chi connectivity index (χ2v) is 5.69. The Labute approximate surface area is 142 Å². The highest BCUT2D eigenvalue weighted by Gasteiger charge is 2.13. The number of methoxy groups -OCH3 is 1. The maximum Gasteiger partial charge on any atom is 0.269 e. The molecule has 0 aliphatic rings. The van der Waals surface area contributed by atoms with Gasteiger partial charge in [-0.3, -0.25) is 10.1 Å². The first-order chi connectivity index (χ1) is 12.1. The van der Waals surface area contributed by atoms with Gasteiger partial charge in [0.2, 0.25) is 0 Å². The van der Waals surface area contributed by atoms with E-state index in [0.29, 0.717) is 5.65 Å². The molecule has 0 amide bonds. The summed E-state index contributed by atoms with van der Waals surface area (Å²) in [6, 6.07) is 14.0. The van der Waals surface area contributed by atoms with E-state index in [4.69, 9.17) is 9.72 Å². The summed E-state index contributed by atoms with van der Waals surface area (Å²) < 4.78 is 6.97. The number of nitrogens with zero attached hydrogens (tertiary/aromatic N) is 4. The molecule has 0 saturated heterocycles. The van der Waals surface area contributed by atoms with Crippen LogP contribution in [0.25, 0.3) is 27.6 Å². The van der Waals surface area contributed by atoms with Crippen molar-refractivity contribution in [3.63, 3.8) is 0 Å². The van der Waals surface area contributed by atoms with Crippen LogP contribution in [0, 0.1) is 17.0 Å². The van der Waals surface area contributed by atoms with Crippen LogP contribution >= 0.6 is 0 Å². The number of aryl methyl sites for hydroxylation is 1. The van der Waals surface area contributed by atoms with Crippen LogP contribution in [0.5, 0.6) is 5.75 Å². The van der Waals surface area contributed by atoms with E-state index >= 15 is 0 Å². The van der Waals surface area contributed by atoms with Crippen LogP contribution in [0.15, 0.2) is 48.5 Å². The first-order valence-corrected chi connectivity index (χ1v) is 7.66. The van der Waals surface area contributed by atoms with Gasteiger partial charge in [-0.15, -0.1) is 0 Å². The Kier molecular flexibility index (Phi) is 3.35. The van der Waals surface area contributed by atoms with Gasteiger partial charge in [0.05, 0.1) is 28.9 Å². The molecule has 0 spiro atoms. The number of hydrogen-bond acceptors (Lipinski definition) is 5. The molecule has 0 unspecified atom stereocenters. The molecule has 4 aromatic rings. The van der Waals surface area contributed by atoms with E-state index in [-0.39, 0.29) is 5.69 Å². The molecule has 0 radical (unpaired) electrons. The molecule has 0 aliphatic heterocycles. The highest BCUT2D eigenvalue weighted by atomic mass is 16.6. The predicted octanol–water partition coefficient (Wildman–Crippen LogP) is 3.80. The average Bonchev–Trinajstić information content (AvgIpc) is 2.95. The Morgan fingerprint density at radius 3 is 2.56 bits per heavy atom. The van der Waals surface area contributed by atoms with Crippen molar-refractivity contribution < 1.29 is 9.66 Å². The molecule has 7 nitrogen and oxygen atoms in total. The highest BCUT2D eigenvalue weighted by Crippen LogP contribution is 2.27. The van der Waals surface area contributed by atoms with E-state index in [1.165, 1.54) is 12.1 Å². The number of fused-ring (bicyclic) bond motifs is 2. The van der Waals surface area contributed by atoms with Crippen LogP contribution in [-0.4, -0.2) is 26.8 Å². The number of non-ortho nitro benzene ring substituents is 1. The normalized spacial score (nSPS) is 11.1. The molecular weight excluding hydrogens is 320 g/mol. The van der Waals surface area contributed by atoms with Crippen molar-refractivity contribution in [2.45, 2.75) is 6.92 Å². The van der Waals surface area contributed by atoms with Crippen molar-refractivity contribution in [2.24, 2.45) is 0 Å². The standard InChI is InChI=1S/C18H14N4O3/c1-11-16-10-12-9-15(25-2)7-8-17(12)19-18(16)21(20-11)13-3-5-14(6-4-13)22(23)24/h3-10H,1-2H3. The fourth-order valence-electron chi connectivity index (χ4n) is 2.85. The predicted molar refractivity (Wildman–Crippen MR) is 94.3 cm³/mol. The van der Waals surface area contributed by atoms with Crippen molar-refractivity contribution >= 4 is 27.6 Å². The molecule has 2 heterocycles.